The summed E-state index contributed by atoms with van der Waals surface area (Å²) in [6.45, 7) is 1.35. The van der Waals surface area contributed by atoms with Gasteiger partial charge in [-0.05, 0) is 37.3 Å². The monoisotopic (exact) mass is 484 g/mol. The number of alkyl halides is 3. The Morgan fingerprint density at radius 1 is 1.07 bits per heavy atom. The third kappa shape index (κ3) is 7.60. The van der Waals surface area contributed by atoms with E-state index in [1.165, 1.54) is 6.92 Å². The van der Waals surface area contributed by atoms with E-state index in [4.69, 9.17) is 4.74 Å². The molecule has 0 aliphatic rings. The minimum absolute atomic E-state index is 0.136. The molecule has 1 rings (SSSR count). The largest absolute Gasteiger partial charge is 0.464 e. The summed E-state index contributed by atoms with van der Waals surface area (Å²) in [5.41, 5.74) is -1.79. The van der Waals surface area contributed by atoms with Gasteiger partial charge in [-0.3, -0.25) is 9.59 Å². The molecule has 2 atom stereocenters. The highest BCUT2D eigenvalue weighted by Gasteiger charge is 2.42. The van der Waals surface area contributed by atoms with Gasteiger partial charge < -0.3 is 14.6 Å². The van der Waals surface area contributed by atoms with Crippen LogP contribution in [0.2, 0.25) is 0 Å². The molecule has 29 heavy (non-hydrogen) atoms. The van der Waals surface area contributed by atoms with Crippen LogP contribution < -0.4 is 0 Å². The van der Waals surface area contributed by atoms with E-state index in [1.807, 2.05) is 30.3 Å². The number of rotatable bonds is 11. The fourth-order valence-electron chi connectivity index (χ4n) is 2.25. The molecule has 1 N–H and O–H groups in total. The van der Waals surface area contributed by atoms with E-state index in [0.29, 0.717) is 6.42 Å². The van der Waals surface area contributed by atoms with Crippen molar-refractivity contribution in [2.75, 3.05) is 19.8 Å². The standard InChI is InChI=1S/C19H24BrF3O6/c1-17(2,9-14(20)13-7-5-4-6-8-13)15(25)27-11-18(3,10-24)16(26)28-12-19(21,22)29-23/h4-8,14,24H,9-12H2,1-3H3. The van der Waals surface area contributed by atoms with E-state index in [1.54, 1.807) is 13.8 Å². The number of aliphatic hydroxyl groups excluding tert-OH is 1. The predicted molar refractivity (Wildman–Crippen MR) is 101 cm³/mol. The zero-order valence-corrected chi connectivity index (χ0v) is 17.9. The molecule has 0 aliphatic carbocycles. The zero-order chi connectivity index (χ0) is 22.3. The number of hydrogen-bond acceptors (Lipinski definition) is 6. The smallest absolute Gasteiger partial charge is 0.419 e. The quantitative estimate of drug-likeness (QED) is 0.375. The van der Waals surface area contributed by atoms with Crippen molar-refractivity contribution in [1.82, 2.24) is 0 Å². The summed E-state index contributed by atoms with van der Waals surface area (Å²) in [4.78, 5) is 26.8. The maximum absolute atomic E-state index is 12.7. The van der Waals surface area contributed by atoms with Gasteiger partial charge in [0.15, 0.2) is 6.61 Å². The normalized spacial score (nSPS) is 15.3. The fourth-order valence-corrected chi connectivity index (χ4v) is 3.36. The first-order chi connectivity index (χ1) is 13.4. The average molecular weight is 485 g/mol. The van der Waals surface area contributed by atoms with Crippen molar-refractivity contribution in [2.24, 2.45) is 10.8 Å². The Kier molecular flexibility index (Phi) is 9.10. The molecule has 0 aliphatic heterocycles. The predicted octanol–water partition coefficient (Wildman–Crippen LogP) is 4.12. The first kappa shape index (κ1) is 25.4. The second kappa shape index (κ2) is 10.4. The van der Waals surface area contributed by atoms with E-state index in [0.717, 1.165) is 5.56 Å². The van der Waals surface area contributed by atoms with Gasteiger partial charge in [-0.2, -0.15) is 8.78 Å². The van der Waals surface area contributed by atoms with Gasteiger partial charge in [0.1, 0.15) is 12.0 Å². The summed E-state index contributed by atoms with van der Waals surface area (Å²) >= 11 is 3.53. The second-order valence-electron chi connectivity index (χ2n) is 7.55. The first-order valence-corrected chi connectivity index (χ1v) is 9.60. The molecular weight excluding hydrogens is 461 g/mol. The number of ether oxygens (including phenoxy) is 2. The van der Waals surface area contributed by atoms with Gasteiger partial charge in [0.05, 0.1) is 12.0 Å². The van der Waals surface area contributed by atoms with Crippen molar-refractivity contribution in [2.45, 2.75) is 38.1 Å². The summed E-state index contributed by atoms with van der Waals surface area (Å²) in [5, 5.41) is 9.46. The molecule has 2 unspecified atom stereocenters. The van der Waals surface area contributed by atoms with E-state index in [-0.39, 0.29) is 4.83 Å². The molecule has 10 heteroatoms. The summed E-state index contributed by atoms with van der Waals surface area (Å²) in [6, 6.07) is 9.40. The first-order valence-electron chi connectivity index (χ1n) is 8.69. The van der Waals surface area contributed by atoms with Crippen molar-refractivity contribution < 1.29 is 42.4 Å². The Morgan fingerprint density at radius 2 is 1.62 bits per heavy atom. The molecule has 0 saturated carbocycles. The molecule has 0 saturated heterocycles. The third-order valence-corrected chi connectivity index (χ3v) is 5.10. The summed E-state index contributed by atoms with van der Waals surface area (Å²) in [7, 11) is 0. The molecule has 6 nitrogen and oxygen atoms in total. The summed E-state index contributed by atoms with van der Waals surface area (Å²) in [6.07, 6.45) is -3.94. The number of halogens is 4. The molecule has 0 fully saturated rings. The Morgan fingerprint density at radius 3 is 2.14 bits per heavy atom. The zero-order valence-electron chi connectivity index (χ0n) is 16.3. The van der Waals surface area contributed by atoms with Crippen LogP contribution in [0.25, 0.3) is 0 Å². The summed E-state index contributed by atoms with van der Waals surface area (Å²) < 4.78 is 46.5. The molecule has 164 valence electrons. The molecule has 1 aromatic carbocycles. The van der Waals surface area contributed by atoms with E-state index >= 15 is 0 Å². The number of aliphatic hydroxyl groups is 1. The van der Waals surface area contributed by atoms with Crippen molar-refractivity contribution in [1.29, 1.82) is 0 Å². The van der Waals surface area contributed by atoms with Gasteiger partial charge in [0.25, 0.3) is 0 Å². The Hall–Kier alpha value is -1.65. The van der Waals surface area contributed by atoms with E-state index in [9.17, 15) is 28.0 Å². The van der Waals surface area contributed by atoms with Gasteiger partial charge in [-0.1, -0.05) is 46.3 Å². The minimum Gasteiger partial charge on any atom is -0.464 e. The number of esters is 2. The Balaban J connectivity index is 2.69. The number of benzene rings is 1. The van der Waals surface area contributed by atoms with Gasteiger partial charge in [0, 0.05) is 4.83 Å². The highest BCUT2D eigenvalue weighted by molar-refractivity contribution is 9.09. The maximum Gasteiger partial charge on any atom is 0.419 e. The van der Waals surface area contributed by atoms with Gasteiger partial charge in [-0.15, -0.1) is 4.94 Å². The van der Waals surface area contributed by atoms with Crippen LogP contribution in [-0.2, 0) is 24.0 Å². The molecule has 0 radical (unpaired) electrons. The fraction of sp³-hybridized carbons (Fsp3) is 0.579. The van der Waals surface area contributed by atoms with Gasteiger partial charge >= 0.3 is 18.0 Å². The SMILES string of the molecule is CC(C)(CC(Br)c1ccccc1)C(=O)OCC(C)(CO)C(=O)OCC(F)(F)OF. The molecule has 0 amide bonds. The number of hydrogen-bond donors (Lipinski definition) is 1. The van der Waals surface area contributed by atoms with Crippen LogP contribution in [0.15, 0.2) is 30.3 Å². The Bertz CT molecular complexity index is 686. The summed E-state index contributed by atoms with van der Waals surface area (Å²) in [5.74, 6) is -1.94. The van der Waals surface area contributed by atoms with Crippen LogP contribution >= 0.6 is 15.9 Å². The molecule has 0 spiro atoms. The topological polar surface area (TPSA) is 82.1 Å². The Labute approximate surface area is 175 Å². The van der Waals surface area contributed by atoms with Gasteiger partial charge in [0.2, 0.25) is 0 Å². The molecular formula is C19H24BrF3O6. The lowest BCUT2D eigenvalue weighted by atomic mass is 9.86. The lowest BCUT2D eigenvalue weighted by Crippen LogP contribution is -2.42. The molecule has 1 aromatic rings. The van der Waals surface area contributed by atoms with Crippen molar-refractivity contribution in [3.63, 3.8) is 0 Å². The van der Waals surface area contributed by atoms with Crippen LogP contribution in [-0.4, -0.2) is 43.0 Å². The van der Waals surface area contributed by atoms with Crippen molar-refractivity contribution in [3.05, 3.63) is 35.9 Å². The molecule has 0 heterocycles. The maximum atomic E-state index is 12.7. The van der Waals surface area contributed by atoms with Crippen LogP contribution in [0.5, 0.6) is 0 Å². The van der Waals surface area contributed by atoms with Gasteiger partial charge in [-0.25, -0.2) is 0 Å². The lowest BCUT2D eigenvalue weighted by Gasteiger charge is -2.29. The lowest BCUT2D eigenvalue weighted by molar-refractivity contribution is -0.365. The second-order valence-corrected chi connectivity index (χ2v) is 8.66. The third-order valence-electron chi connectivity index (χ3n) is 4.25. The van der Waals surface area contributed by atoms with Crippen LogP contribution in [0, 0.1) is 10.8 Å². The van der Waals surface area contributed by atoms with Crippen LogP contribution in [0.1, 0.15) is 37.6 Å². The highest BCUT2D eigenvalue weighted by atomic mass is 79.9. The van der Waals surface area contributed by atoms with Crippen molar-refractivity contribution >= 4 is 27.9 Å². The van der Waals surface area contributed by atoms with Crippen molar-refractivity contribution in [3.8, 4) is 0 Å². The molecule has 0 aromatic heterocycles. The highest BCUT2D eigenvalue weighted by Crippen LogP contribution is 2.37. The average Bonchev–Trinajstić information content (AvgIpc) is 2.70. The number of carbonyl (C=O) groups is 2. The van der Waals surface area contributed by atoms with Crippen LogP contribution in [0.4, 0.5) is 13.3 Å². The van der Waals surface area contributed by atoms with Crippen LogP contribution in [0.3, 0.4) is 0 Å². The minimum atomic E-state index is -4.31. The van der Waals surface area contributed by atoms with E-state index < -0.39 is 48.7 Å². The molecule has 0 bridgehead atoms. The number of carbonyl (C=O) groups excluding carboxylic acids is 2. The van der Waals surface area contributed by atoms with E-state index in [2.05, 4.69) is 25.6 Å².